The molecule has 0 aliphatic heterocycles. The molecule has 0 saturated carbocycles. The van der Waals surface area contributed by atoms with Crippen molar-refractivity contribution in [3.05, 3.63) is 29.8 Å². The van der Waals surface area contributed by atoms with Gasteiger partial charge in [-0.15, -0.1) is 0 Å². The predicted molar refractivity (Wildman–Crippen MR) is 111 cm³/mol. The van der Waals surface area contributed by atoms with Gasteiger partial charge in [-0.2, -0.15) is 0 Å². The van der Waals surface area contributed by atoms with E-state index in [-0.39, 0.29) is 12.4 Å². The van der Waals surface area contributed by atoms with Crippen molar-refractivity contribution in [3.63, 3.8) is 0 Å². The smallest absolute Gasteiger partial charge is 0.135 e. The van der Waals surface area contributed by atoms with Crippen LogP contribution >= 0.6 is 0 Å². The summed E-state index contributed by atoms with van der Waals surface area (Å²) in [4.78, 5) is 0. The van der Waals surface area contributed by atoms with Crippen LogP contribution in [0.1, 0.15) is 90.5 Å². The first-order valence-electron chi connectivity index (χ1n) is 10.6. The first-order chi connectivity index (χ1) is 11.7. The van der Waals surface area contributed by atoms with Crippen LogP contribution in [0.2, 0.25) is 0 Å². The zero-order valence-electron chi connectivity index (χ0n) is 17.3. The molecule has 0 bridgehead atoms. The SMILES string of the molecule is CCCCCCCCCC[N+](CCC)(CCC)c1ccccc1C.[Cl-]. The van der Waals surface area contributed by atoms with Gasteiger partial charge in [-0.3, -0.25) is 4.48 Å². The summed E-state index contributed by atoms with van der Waals surface area (Å²) in [6, 6.07) is 9.09. The van der Waals surface area contributed by atoms with Gasteiger partial charge >= 0.3 is 0 Å². The molecule has 0 fully saturated rings. The van der Waals surface area contributed by atoms with E-state index in [0.29, 0.717) is 0 Å². The van der Waals surface area contributed by atoms with Crippen molar-refractivity contribution in [2.75, 3.05) is 19.6 Å². The van der Waals surface area contributed by atoms with E-state index in [0.717, 1.165) is 0 Å². The van der Waals surface area contributed by atoms with Crippen molar-refractivity contribution in [3.8, 4) is 0 Å². The largest absolute Gasteiger partial charge is 1.00 e. The molecule has 0 heterocycles. The summed E-state index contributed by atoms with van der Waals surface area (Å²) in [7, 11) is 0. The molecule has 1 nitrogen and oxygen atoms in total. The Morgan fingerprint density at radius 2 is 1.16 bits per heavy atom. The van der Waals surface area contributed by atoms with Crippen molar-refractivity contribution in [1.82, 2.24) is 4.48 Å². The third-order valence-electron chi connectivity index (χ3n) is 5.37. The van der Waals surface area contributed by atoms with Crippen LogP contribution in [0.4, 0.5) is 5.69 Å². The molecule has 0 atom stereocenters. The van der Waals surface area contributed by atoms with E-state index in [1.807, 2.05) is 0 Å². The molecule has 146 valence electrons. The molecule has 1 rings (SSSR count). The molecule has 0 amide bonds. The highest BCUT2D eigenvalue weighted by Crippen LogP contribution is 2.29. The fourth-order valence-electron chi connectivity index (χ4n) is 4.20. The van der Waals surface area contributed by atoms with Gasteiger partial charge in [-0.05, 0) is 38.7 Å². The molecule has 0 N–H and O–H groups in total. The quantitative estimate of drug-likeness (QED) is 0.340. The van der Waals surface area contributed by atoms with Crippen molar-refractivity contribution in [2.45, 2.75) is 91.9 Å². The summed E-state index contributed by atoms with van der Waals surface area (Å²) in [5.74, 6) is 0. The number of rotatable bonds is 14. The Kier molecular flexibility index (Phi) is 14.3. The average Bonchev–Trinajstić information content (AvgIpc) is 2.58. The fraction of sp³-hybridized carbons (Fsp3) is 0.739. The molecule has 2 heteroatoms. The number of hydrogen-bond donors (Lipinski definition) is 0. The van der Waals surface area contributed by atoms with E-state index in [9.17, 15) is 0 Å². The molecule has 0 radical (unpaired) electrons. The zero-order chi connectivity index (χ0) is 17.7. The standard InChI is InChI=1S/C23H42N.ClH/c1-5-8-9-10-11-12-13-16-21-24(19-6-2,20-7-3)23-18-15-14-17-22(23)4;/h14-15,17-18H,5-13,16,19-21H2,1-4H3;1H/q+1;/p-1. The van der Waals surface area contributed by atoms with Gasteiger partial charge in [0.05, 0.1) is 19.6 Å². The molecule has 0 unspecified atom stereocenters. The Labute approximate surface area is 164 Å². The van der Waals surface area contributed by atoms with Crippen LogP contribution in [0.5, 0.6) is 0 Å². The lowest BCUT2D eigenvalue weighted by Crippen LogP contribution is -3.00. The third kappa shape index (κ3) is 8.60. The summed E-state index contributed by atoms with van der Waals surface area (Å²) in [5.41, 5.74) is 3.04. The molecule has 1 aromatic rings. The summed E-state index contributed by atoms with van der Waals surface area (Å²) < 4.78 is 1.20. The van der Waals surface area contributed by atoms with Gasteiger partial charge in [0.2, 0.25) is 0 Å². The van der Waals surface area contributed by atoms with E-state index in [2.05, 4.69) is 52.0 Å². The van der Waals surface area contributed by atoms with Gasteiger partial charge in [-0.1, -0.05) is 77.5 Å². The second-order valence-corrected chi connectivity index (χ2v) is 7.58. The van der Waals surface area contributed by atoms with Crippen LogP contribution in [0.15, 0.2) is 24.3 Å². The highest BCUT2D eigenvalue weighted by molar-refractivity contribution is 5.49. The van der Waals surface area contributed by atoms with Gasteiger partial charge in [0.1, 0.15) is 5.69 Å². The number of aryl methyl sites for hydroxylation is 1. The predicted octanol–water partition coefficient (Wildman–Crippen LogP) is 4.27. The lowest BCUT2D eigenvalue weighted by atomic mass is 10.1. The molecule has 0 aliphatic rings. The maximum absolute atomic E-state index is 2.38. The van der Waals surface area contributed by atoms with Crippen LogP contribution in [0.25, 0.3) is 0 Å². The number of benzene rings is 1. The van der Waals surface area contributed by atoms with E-state index in [1.165, 1.54) is 93.9 Å². The van der Waals surface area contributed by atoms with Crippen molar-refractivity contribution in [1.29, 1.82) is 0 Å². The topological polar surface area (TPSA) is 0 Å². The van der Waals surface area contributed by atoms with Crippen molar-refractivity contribution < 1.29 is 12.4 Å². The average molecular weight is 368 g/mol. The van der Waals surface area contributed by atoms with Gasteiger partial charge in [0.25, 0.3) is 0 Å². The van der Waals surface area contributed by atoms with Crippen LogP contribution < -0.4 is 16.9 Å². The van der Waals surface area contributed by atoms with Gasteiger partial charge in [-0.25, -0.2) is 0 Å². The number of unbranched alkanes of at least 4 members (excludes halogenated alkanes) is 7. The molecule has 1 aromatic carbocycles. The van der Waals surface area contributed by atoms with E-state index < -0.39 is 0 Å². The summed E-state index contributed by atoms with van der Waals surface area (Å²) >= 11 is 0. The molecular formula is C23H42ClN. The van der Waals surface area contributed by atoms with Crippen molar-refractivity contribution in [2.24, 2.45) is 0 Å². The Morgan fingerprint density at radius 1 is 0.640 bits per heavy atom. The molecule has 0 spiro atoms. The summed E-state index contributed by atoms with van der Waals surface area (Å²) in [5, 5.41) is 0. The van der Waals surface area contributed by atoms with E-state index in [4.69, 9.17) is 0 Å². The number of para-hydroxylation sites is 1. The molecule has 0 aromatic heterocycles. The fourth-order valence-corrected chi connectivity index (χ4v) is 4.20. The summed E-state index contributed by atoms with van der Waals surface area (Å²) in [6.45, 7) is 13.2. The number of halogens is 1. The van der Waals surface area contributed by atoms with Gasteiger partial charge < -0.3 is 12.4 Å². The number of quaternary nitrogens is 1. The highest BCUT2D eigenvalue weighted by atomic mass is 35.5. The van der Waals surface area contributed by atoms with E-state index in [1.54, 1.807) is 5.69 Å². The maximum atomic E-state index is 2.38. The lowest BCUT2D eigenvalue weighted by molar-refractivity contribution is -0.00000540. The first kappa shape index (κ1) is 24.5. The van der Waals surface area contributed by atoms with Crippen LogP contribution in [-0.4, -0.2) is 19.6 Å². The molecule has 0 saturated heterocycles. The van der Waals surface area contributed by atoms with Crippen LogP contribution in [-0.2, 0) is 0 Å². The second-order valence-electron chi connectivity index (χ2n) is 7.58. The first-order valence-corrected chi connectivity index (χ1v) is 10.6. The van der Waals surface area contributed by atoms with Crippen LogP contribution in [0, 0.1) is 6.92 Å². The number of hydrogen-bond acceptors (Lipinski definition) is 0. The van der Waals surface area contributed by atoms with E-state index >= 15 is 0 Å². The second kappa shape index (κ2) is 14.6. The highest BCUT2D eigenvalue weighted by Gasteiger charge is 2.29. The lowest BCUT2D eigenvalue weighted by Gasteiger charge is -2.39. The minimum Gasteiger partial charge on any atom is -1.00 e. The minimum atomic E-state index is 0. The Morgan fingerprint density at radius 3 is 1.68 bits per heavy atom. The summed E-state index contributed by atoms with van der Waals surface area (Å²) in [6.07, 6.45) is 13.8. The van der Waals surface area contributed by atoms with Crippen LogP contribution in [0.3, 0.4) is 0 Å². The normalized spacial score (nSPS) is 11.4. The minimum absolute atomic E-state index is 0. The van der Waals surface area contributed by atoms with Gasteiger partial charge in [0, 0.05) is 5.56 Å². The number of nitrogens with zero attached hydrogens (tertiary/aromatic N) is 1. The van der Waals surface area contributed by atoms with Gasteiger partial charge in [0.15, 0.2) is 0 Å². The zero-order valence-corrected chi connectivity index (χ0v) is 18.1. The molecular weight excluding hydrogens is 326 g/mol. The molecule has 0 aliphatic carbocycles. The Bertz CT molecular complexity index is 424. The van der Waals surface area contributed by atoms with Crippen molar-refractivity contribution >= 4 is 5.69 Å². The monoisotopic (exact) mass is 367 g/mol. The Balaban J connectivity index is 0.00000576. The molecule has 25 heavy (non-hydrogen) atoms. The third-order valence-corrected chi connectivity index (χ3v) is 5.37. The Hall–Kier alpha value is -0.530. The maximum Gasteiger partial charge on any atom is 0.135 e.